The molecule has 178 valence electrons. The number of rotatable bonds is 3. The van der Waals surface area contributed by atoms with Gasteiger partial charge in [-0.05, 0) is 84.3 Å². The maximum Gasteiger partial charge on any atom is 0.124 e. The minimum absolute atomic E-state index is 0.00784. The Kier molecular flexibility index (Phi) is 5.95. The second-order valence-electron chi connectivity index (χ2n) is 10.3. The second kappa shape index (κ2) is 9.28. The number of fused-ring (bicyclic) bond motifs is 4. The van der Waals surface area contributed by atoms with Gasteiger partial charge in [0.2, 0.25) is 0 Å². The van der Waals surface area contributed by atoms with Crippen LogP contribution >= 0.6 is 11.3 Å². The molecule has 0 saturated heterocycles. The number of nitrogens with zero attached hydrogens (tertiary/aromatic N) is 1. The lowest BCUT2D eigenvalue weighted by Crippen LogP contribution is -2.23. The minimum atomic E-state index is -0.00784. The van der Waals surface area contributed by atoms with Crippen molar-refractivity contribution in [2.24, 2.45) is 5.92 Å². The predicted molar refractivity (Wildman–Crippen MR) is 153 cm³/mol. The Hall–Kier alpha value is -3.33. The monoisotopic (exact) mass is 485 g/mol. The smallest absolute Gasteiger partial charge is 0.124 e. The molecule has 2 heteroatoms. The first-order valence-electron chi connectivity index (χ1n) is 13.3. The predicted octanol–water partition coefficient (Wildman–Crippen LogP) is 8.96. The fourth-order valence-corrected chi connectivity index (χ4v) is 7.29. The fourth-order valence-electron chi connectivity index (χ4n) is 6.29. The van der Waals surface area contributed by atoms with E-state index < -0.39 is 0 Å². The lowest BCUT2D eigenvalue weighted by atomic mass is 9.73. The molecule has 0 amide bonds. The molecular formula is C34H31NS. The van der Waals surface area contributed by atoms with Crippen molar-refractivity contribution in [3.8, 4) is 45.9 Å². The van der Waals surface area contributed by atoms with Crippen LogP contribution in [0.1, 0.15) is 81.0 Å². The van der Waals surface area contributed by atoms with Gasteiger partial charge in [-0.2, -0.15) is 0 Å². The zero-order valence-corrected chi connectivity index (χ0v) is 22.0. The van der Waals surface area contributed by atoms with Gasteiger partial charge >= 0.3 is 0 Å². The van der Waals surface area contributed by atoms with Crippen LogP contribution in [0.2, 0.25) is 0 Å². The summed E-state index contributed by atoms with van der Waals surface area (Å²) in [6.07, 6.45) is 14.4. The molecule has 0 N–H and O–H groups in total. The SMILES string of the molecule is C#Cc1ccc2c(c1)C(CC)(CC)c1cc(-c3nc4ccc(C#CC5CCCCC5)cc4s3)ccc1-2. The van der Waals surface area contributed by atoms with Crippen molar-refractivity contribution in [1.29, 1.82) is 0 Å². The molecule has 1 aromatic heterocycles. The average Bonchev–Trinajstić information content (AvgIpc) is 3.48. The van der Waals surface area contributed by atoms with Crippen LogP contribution in [0, 0.1) is 30.1 Å². The van der Waals surface area contributed by atoms with Crippen molar-refractivity contribution in [2.45, 2.75) is 64.2 Å². The van der Waals surface area contributed by atoms with Gasteiger partial charge in [-0.15, -0.1) is 17.8 Å². The summed E-state index contributed by atoms with van der Waals surface area (Å²) >= 11 is 1.77. The van der Waals surface area contributed by atoms with Crippen LogP contribution in [-0.2, 0) is 5.41 Å². The summed E-state index contributed by atoms with van der Waals surface area (Å²) in [5, 5.41) is 1.08. The molecule has 1 nitrogen and oxygen atoms in total. The lowest BCUT2D eigenvalue weighted by Gasteiger charge is -2.30. The number of terminal acetylenes is 1. The average molecular weight is 486 g/mol. The van der Waals surface area contributed by atoms with E-state index in [1.54, 1.807) is 11.3 Å². The molecule has 2 aliphatic carbocycles. The summed E-state index contributed by atoms with van der Waals surface area (Å²) in [6, 6.07) is 19.9. The molecular weight excluding hydrogens is 454 g/mol. The highest BCUT2D eigenvalue weighted by molar-refractivity contribution is 7.21. The molecule has 0 bridgehead atoms. The van der Waals surface area contributed by atoms with Crippen molar-refractivity contribution < 1.29 is 0 Å². The van der Waals surface area contributed by atoms with E-state index in [4.69, 9.17) is 11.4 Å². The molecule has 1 heterocycles. The van der Waals surface area contributed by atoms with Crippen molar-refractivity contribution in [3.63, 3.8) is 0 Å². The molecule has 3 aromatic carbocycles. The van der Waals surface area contributed by atoms with Crippen LogP contribution in [0.4, 0.5) is 0 Å². The summed E-state index contributed by atoms with van der Waals surface area (Å²) in [4.78, 5) is 5.02. The molecule has 0 spiro atoms. The standard InChI is InChI=1S/C34H31NS/c1-4-23-14-17-27-28-18-16-26(22-30(28)34(5-2,6-3)29(27)20-23)33-35-31-19-15-25(21-32(31)36-33)13-12-24-10-8-7-9-11-24/h1,14-22,24H,5-11H2,2-3H3. The Balaban J connectivity index is 1.38. The molecule has 0 unspecified atom stereocenters. The van der Waals surface area contributed by atoms with E-state index in [0.29, 0.717) is 5.92 Å². The number of hydrogen-bond acceptors (Lipinski definition) is 2. The van der Waals surface area contributed by atoms with E-state index in [-0.39, 0.29) is 5.41 Å². The summed E-state index contributed by atoms with van der Waals surface area (Å²) in [6.45, 7) is 4.59. The molecule has 1 saturated carbocycles. The van der Waals surface area contributed by atoms with E-state index >= 15 is 0 Å². The number of thiazole rings is 1. The first-order valence-corrected chi connectivity index (χ1v) is 14.2. The normalized spacial score (nSPS) is 16.1. The zero-order valence-electron chi connectivity index (χ0n) is 21.2. The Morgan fingerprint density at radius 3 is 2.36 bits per heavy atom. The van der Waals surface area contributed by atoms with Crippen LogP contribution in [0.25, 0.3) is 31.9 Å². The van der Waals surface area contributed by atoms with Gasteiger partial charge in [0.25, 0.3) is 0 Å². The Morgan fingerprint density at radius 2 is 1.61 bits per heavy atom. The summed E-state index contributed by atoms with van der Waals surface area (Å²) in [7, 11) is 0. The topological polar surface area (TPSA) is 12.9 Å². The van der Waals surface area contributed by atoms with Crippen LogP contribution in [-0.4, -0.2) is 4.98 Å². The largest absolute Gasteiger partial charge is 0.236 e. The van der Waals surface area contributed by atoms with Crippen LogP contribution in [0.3, 0.4) is 0 Å². The maximum atomic E-state index is 5.76. The highest BCUT2D eigenvalue weighted by Gasteiger charge is 2.40. The molecule has 1 fully saturated rings. The van der Waals surface area contributed by atoms with E-state index in [0.717, 1.165) is 34.5 Å². The van der Waals surface area contributed by atoms with Gasteiger partial charge in [0.05, 0.1) is 10.2 Å². The quantitative estimate of drug-likeness (QED) is 0.264. The highest BCUT2D eigenvalue weighted by Crippen LogP contribution is 2.53. The number of hydrogen-bond donors (Lipinski definition) is 0. The summed E-state index contributed by atoms with van der Waals surface area (Å²) in [5.74, 6) is 10.4. The van der Waals surface area contributed by atoms with Crippen molar-refractivity contribution in [1.82, 2.24) is 4.98 Å². The van der Waals surface area contributed by atoms with Gasteiger partial charge in [0.15, 0.2) is 0 Å². The molecule has 4 aromatic rings. The third-order valence-electron chi connectivity index (χ3n) is 8.40. The molecule has 0 atom stereocenters. The Morgan fingerprint density at radius 1 is 0.889 bits per heavy atom. The van der Waals surface area contributed by atoms with Gasteiger partial charge in [-0.1, -0.05) is 69.1 Å². The fraction of sp³-hybridized carbons (Fsp3) is 0.324. The van der Waals surface area contributed by atoms with Gasteiger partial charge in [-0.3, -0.25) is 0 Å². The van der Waals surface area contributed by atoms with Gasteiger partial charge in [0.1, 0.15) is 5.01 Å². The maximum absolute atomic E-state index is 5.76. The Bertz CT molecular complexity index is 1560. The minimum Gasteiger partial charge on any atom is -0.236 e. The number of benzene rings is 3. The van der Waals surface area contributed by atoms with E-state index in [1.165, 1.54) is 64.6 Å². The van der Waals surface area contributed by atoms with Crippen molar-refractivity contribution >= 4 is 21.6 Å². The first kappa shape index (κ1) is 23.1. The van der Waals surface area contributed by atoms with Gasteiger partial charge in [0, 0.05) is 28.0 Å². The lowest BCUT2D eigenvalue weighted by molar-refractivity contribution is 0.430. The molecule has 2 aliphatic rings. The first-order chi connectivity index (χ1) is 17.6. The van der Waals surface area contributed by atoms with E-state index in [1.807, 2.05) is 0 Å². The Labute approximate surface area is 219 Å². The zero-order chi connectivity index (χ0) is 24.7. The highest BCUT2D eigenvalue weighted by atomic mass is 32.1. The third-order valence-corrected chi connectivity index (χ3v) is 9.46. The molecule has 6 rings (SSSR count). The van der Waals surface area contributed by atoms with Crippen LogP contribution < -0.4 is 0 Å². The van der Waals surface area contributed by atoms with Crippen LogP contribution in [0.15, 0.2) is 54.6 Å². The summed E-state index contributed by atoms with van der Waals surface area (Å²) < 4.78 is 1.21. The van der Waals surface area contributed by atoms with Crippen LogP contribution in [0.5, 0.6) is 0 Å². The van der Waals surface area contributed by atoms with Gasteiger partial charge in [-0.25, -0.2) is 4.98 Å². The van der Waals surface area contributed by atoms with Crippen molar-refractivity contribution in [3.05, 3.63) is 76.9 Å². The van der Waals surface area contributed by atoms with E-state index in [2.05, 4.69) is 86.2 Å². The van der Waals surface area contributed by atoms with Gasteiger partial charge < -0.3 is 0 Å². The number of aromatic nitrogens is 1. The molecule has 36 heavy (non-hydrogen) atoms. The van der Waals surface area contributed by atoms with Crippen molar-refractivity contribution in [2.75, 3.05) is 0 Å². The van der Waals surface area contributed by atoms with E-state index in [9.17, 15) is 0 Å². The molecule has 0 radical (unpaired) electrons. The molecule has 0 aliphatic heterocycles. The summed E-state index contributed by atoms with van der Waals surface area (Å²) in [5.41, 5.74) is 9.75. The second-order valence-corrected chi connectivity index (χ2v) is 11.3. The third kappa shape index (κ3) is 3.77.